The highest BCUT2D eigenvalue weighted by Gasteiger charge is 2.29. The van der Waals surface area contributed by atoms with E-state index in [1.165, 1.54) is 41.0 Å². The minimum atomic E-state index is -0.639. The second kappa shape index (κ2) is 12.3. The molecular formula is C30H23N5O5S. The minimum absolute atomic E-state index is 0.0179. The van der Waals surface area contributed by atoms with Crippen molar-refractivity contribution >= 4 is 52.4 Å². The van der Waals surface area contributed by atoms with Crippen molar-refractivity contribution in [2.75, 3.05) is 10.3 Å². The predicted octanol–water partition coefficient (Wildman–Crippen LogP) is 5.55. The zero-order valence-electron chi connectivity index (χ0n) is 21.5. The summed E-state index contributed by atoms with van der Waals surface area (Å²) in [5, 5.41) is 21.4. The minimum Gasteiger partial charge on any atom is -0.322 e. The quantitative estimate of drug-likeness (QED) is 0.164. The monoisotopic (exact) mass is 565 g/mol. The van der Waals surface area contributed by atoms with E-state index in [2.05, 4.69) is 15.7 Å². The molecule has 3 amide bonds. The maximum Gasteiger partial charge on any atom is 0.269 e. The number of rotatable bonds is 8. The average molecular weight is 566 g/mol. The molecular weight excluding hydrogens is 542 g/mol. The molecule has 0 fully saturated rings. The van der Waals surface area contributed by atoms with E-state index in [4.69, 9.17) is 0 Å². The molecule has 1 unspecified atom stereocenters. The van der Waals surface area contributed by atoms with Gasteiger partial charge in [0.25, 0.3) is 17.5 Å². The molecule has 204 valence electrons. The molecule has 5 rings (SSSR count). The van der Waals surface area contributed by atoms with E-state index in [0.29, 0.717) is 11.4 Å². The van der Waals surface area contributed by atoms with Gasteiger partial charge in [-0.15, -0.1) is 11.8 Å². The number of hydrogen-bond acceptors (Lipinski definition) is 7. The first kappa shape index (κ1) is 27.3. The van der Waals surface area contributed by atoms with Crippen LogP contribution in [-0.2, 0) is 9.59 Å². The molecule has 0 aromatic heterocycles. The summed E-state index contributed by atoms with van der Waals surface area (Å²) < 4.78 is 0. The third kappa shape index (κ3) is 6.65. The van der Waals surface area contributed by atoms with Gasteiger partial charge < -0.3 is 10.6 Å². The van der Waals surface area contributed by atoms with Crippen LogP contribution in [0.15, 0.2) is 119 Å². The number of hydrogen-bond donors (Lipinski definition) is 2. The van der Waals surface area contributed by atoms with E-state index in [1.54, 1.807) is 36.4 Å². The lowest BCUT2D eigenvalue weighted by Gasteiger charge is -2.17. The van der Waals surface area contributed by atoms with Crippen LogP contribution in [-0.4, -0.2) is 28.5 Å². The molecule has 0 bridgehead atoms. The fourth-order valence-electron chi connectivity index (χ4n) is 4.07. The normalized spacial score (nSPS) is 13.3. The second-order valence-electron chi connectivity index (χ2n) is 8.94. The van der Waals surface area contributed by atoms with Gasteiger partial charge in [0.2, 0.25) is 5.91 Å². The fourth-order valence-corrected chi connectivity index (χ4v) is 5.09. The van der Waals surface area contributed by atoms with Crippen molar-refractivity contribution in [1.82, 2.24) is 5.32 Å². The smallest absolute Gasteiger partial charge is 0.269 e. The Hall–Kier alpha value is -5.29. The van der Waals surface area contributed by atoms with Crippen molar-refractivity contribution in [1.29, 1.82) is 0 Å². The van der Waals surface area contributed by atoms with Crippen molar-refractivity contribution in [3.05, 3.63) is 130 Å². The Morgan fingerprint density at radius 2 is 1.49 bits per heavy atom. The van der Waals surface area contributed by atoms with Crippen molar-refractivity contribution in [2.24, 2.45) is 5.10 Å². The Bertz CT molecular complexity index is 1610. The van der Waals surface area contributed by atoms with Crippen LogP contribution in [0.4, 0.5) is 17.1 Å². The molecule has 1 atom stereocenters. The molecule has 10 nitrogen and oxygen atoms in total. The van der Waals surface area contributed by atoms with Crippen molar-refractivity contribution in [3.8, 4) is 0 Å². The highest BCUT2D eigenvalue weighted by atomic mass is 32.2. The van der Waals surface area contributed by atoms with Gasteiger partial charge in [0.05, 0.1) is 17.0 Å². The molecule has 0 spiro atoms. The number of para-hydroxylation sites is 1. The number of thioether (sulfide) groups is 1. The number of carbonyl (C=O) groups excluding carboxylic acids is 3. The van der Waals surface area contributed by atoms with Crippen molar-refractivity contribution in [2.45, 2.75) is 16.6 Å². The predicted molar refractivity (Wildman–Crippen MR) is 157 cm³/mol. The van der Waals surface area contributed by atoms with Gasteiger partial charge >= 0.3 is 0 Å². The molecule has 0 radical (unpaired) electrons. The van der Waals surface area contributed by atoms with Crippen LogP contribution in [0.2, 0.25) is 0 Å². The second-order valence-corrected chi connectivity index (χ2v) is 10.1. The lowest BCUT2D eigenvalue weighted by atomic mass is 10.1. The lowest BCUT2D eigenvalue weighted by molar-refractivity contribution is -0.384. The Kier molecular flexibility index (Phi) is 8.16. The number of benzene rings is 4. The number of non-ortho nitro benzene ring substituents is 1. The zero-order valence-corrected chi connectivity index (χ0v) is 22.3. The summed E-state index contributed by atoms with van der Waals surface area (Å²) in [4.78, 5) is 49.6. The van der Waals surface area contributed by atoms with Gasteiger partial charge in [0.15, 0.2) is 0 Å². The first-order chi connectivity index (χ1) is 19.9. The number of nitro benzene ring substituents is 1. The summed E-state index contributed by atoms with van der Waals surface area (Å²) in [5.74, 6) is -0.687. The maximum absolute atomic E-state index is 13.4. The molecule has 41 heavy (non-hydrogen) atoms. The van der Waals surface area contributed by atoms with E-state index >= 15 is 0 Å². The van der Waals surface area contributed by atoms with E-state index in [9.17, 15) is 24.5 Å². The summed E-state index contributed by atoms with van der Waals surface area (Å²) in [6, 6.07) is 30.6. The van der Waals surface area contributed by atoms with Gasteiger partial charge in [0.1, 0.15) is 11.1 Å². The topological polar surface area (TPSA) is 134 Å². The van der Waals surface area contributed by atoms with Gasteiger partial charge in [-0.3, -0.25) is 24.5 Å². The molecule has 11 heteroatoms. The lowest BCUT2D eigenvalue weighted by Crippen LogP contribution is -2.33. The third-order valence-corrected chi connectivity index (χ3v) is 7.36. The first-order valence-electron chi connectivity index (χ1n) is 12.5. The van der Waals surface area contributed by atoms with Gasteiger partial charge in [-0.1, -0.05) is 48.5 Å². The maximum atomic E-state index is 13.4. The largest absolute Gasteiger partial charge is 0.322 e. The van der Waals surface area contributed by atoms with Crippen molar-refractivity contribution in [3.63, 3.8) is 0 Å². The summed E-state index contributed by atoms with van der Waals surface area (Å²) in [6.45, 7) is 0. The standard InChI is InChI=1S/C30H23N5O5S/c36-27-19-26(33-34(27)23-9-5-2-6-10-23)32-30(38)28(20-7-3-1-4-8-20)41-25-17-13-22(14-18-25)31-29(37)21-11-15-24(16-12-21)35(39)40/h1-18,28H,19H2,(H,31,37)(H,32,33,38). The van der Waals surface area contributed by atoms with Crippen molar-refractivity contribution < 1.29 is 19.3 Å². The van der Waals surface area contributed by atoms with Gasteiger partial charge in [0, 0.05) is 28.3 Å². The number of nitro groups is 1. The Labute approximate surface area is 239 Å². The molecule has 1 aliphatic heterocycles. The SMILES string of the molecule is O=C(Nc1ccc(SC(C(=O)NC2=NN(c3ccccc3)C(=O)C2)c2ccccc2)cc1)c1ccc([N+](=O)[O-])cc1. The van der Waals surface area contributed by atoms with Gasteiger partial charge in [-0.05, 0) is 54.1 Å². The average Bonchev–Trinajstić information content (AvgIpc) is 3.37. The molecule has 0 saturated carbocycles. The van der Waals surface area contributed by atoms with Gasteiger partial charge in [-0.25, -0.2) is 0 Å². The van der Waals surface area contributed by atoms with Crippen LogP contribution in [0, 0.1) is 10.1 Å². The molecule has 2 N–H and O–H groups in total. The molecule has 1 heterocycles. The molecule has 4 aromatic carbocycles. The number of hydrazone groups is 1. The molecule has 1 aliphatic rings. The number of amidine groups is 1. The van der Waals surface area contributed by atoms with E-state index in [1.807, 2.05) is 48.5 Å². The molecule has 4 aromatic rings. The van der Waals surface area contributed by atoms with Gasteiger partial charge in [-0.2, -0.15) is 10.1 Å². The van der Waals surface area contributed by atoms with E-state index < -0.39 is 16.1 Å². The first-order valence-corrected chi connectivity index (χ1v) is 13.4. The highest BCUT2D eigenvalue weighted by molar-refractivity contribution is 8.00. The molecule has 0 saturated heterocycles. The summed E-state index contributed by atoms with van der Waals surface area (Å²) >= 11 is 1.32. The Morgan fingerprint density at radius 3 is 2.12 bits per heavy atom. The fraction of sp³-hybridized carbons (Fsp3) is 0.0667. The number of carbonyl (C=O) groups is 3. The summed E-state index contributed by atoms with van der Waals surface area (Å²) in [6.07, 6.45) is -0.0179. The Morgan fingerprint density at radius 1 is 0.854 bits per heavy atom. The van der Waals surface area contributed by atoms with E-state index in [-0.39, 0.29) is 35.3 Å². The van der Waals surface area contributed by atoms with Crippen LogP contribution < -0.4 is 15.6 Å². The van der Waals surface area contributed by atoms with Crippen LogP contribution >= 0.6 is 11.8 Å². The third-order valence-electron chi connectivity index (χ3n) is 6.09. The van der Waals surface area contributed by atoms with Crippen LogP contribution in [0.5, 0.6) is 0 Å². The van der Waals surface area contributed by atoms with Crippen LogP contribution in [0.25, 0.3) is 0 Å². The van der Waals surface area contributed by atoms with E-state index in [0.717, 1.165) is 10.5 Å². The number of anilines is 2. The number of nitrogens with zero attached hydrogens (tertiary/aromatic N) is 3. The highest BCUT2D eigenvalue weighted by Crippen LogP contribution is 2.36. The number of nitrogens with one attached hydrogen (secondary N) is 2. The Balaban J connectivity index is 1.28. The van der Waals surface area contributed by atoms with Crippen LogP contribution in [0.3, 0.4) is 0 Å². The molecule has 0 aliphatic carbocycles. The number of amides is 3. The zero-order chi connectivity index (χ0) is 28.8. The summed E-state index contributed by atoms with van der Waals surface area (Å²) in [5.41, 5.74) is 2.11. The summed E-state index contributed by atoms with van der Waals surface area (Å²) in [7, 11) is 0. The van der Waals surface area contributed by atoms with Crippen LogP contribution in [0.1, 0.15) is 27.6 Å².